The van der Waals surface area contributed by atoms with Crippen LogP contribution in [0, 0.1) is 0 Å². The number of imidazole rings is 1. The smallest absolute Gasteiger partial charge is 0.332 e. The molecule has 4 aromatic rings. The van der Waals surface area contributed by atoms with E-state index in [0.717, 1.165) is 16.7 Å². The summed E-state index contributed by atoms with van der Waals surface area (Å²) < 4.78 is 44.2. The van der Waals surface area contributed by atoms with Gasteiger partial charge < -0.3 is 10.1 Å². The van der Waals surface area contributed by atoms with E-state index in [1.54, 1.807) is 22.7 Å². The van der Waals surface area contributed by atoms with Crippen LogP contribution in [0.25, 0.3) is 16.8 Å². The molecule has 0 aliphatic rings. The highest BCUT2D eigenvalue weighted by Crippen LogP contribution is 2.18. The number of aromatic nitrogens is 4. The summed E-state index contributed by atoms with van der Waals surface area (Å²) in [6.45, 7) is 2.09. The van der Waals surface area contributed by atoms with Crippen LogP contribution in [0.4, 0.5) is 3.89 Å². The van der Waals surface area contributed by atoms with E-state index < -0.39 is 32.3 Å². The molecule has 0 aliphatic heterocycles. The standard InChI is InChI=1S/C22H22FN5O6S/c1-3-10-28-21(30)18-19(25-17-13-15(34-2)8-11-26(17)18)27(22(28)31)12-9-24-20(29)14-4-6-16(7-5-14)35(23,32)33/h4-8,11,13H,3,9-10,12H2,1-2H3,(H,24,29). The lowest BCUT2D eigenvalue weighted by Gasteiger charge is -2.12. The van der Waals surface area contributed by atoms with Crippen molar-refractivity contribution in [1.29, 1.82) is 0 Å². The zero-order valence-electron chi connectivity index (χ0n) is 18.9. The molecule has 3 aromatic heterocycles. The minimum atomic E-state index is -4.87. The lowest BCUT2D eigenvalue weighted by molar-refractivity contribution is 0.0952. The van der Waals surface area contributed by atoms with Crippen LogP contribution in [-0.2, 0) is 23.3 Å². The fourth-order valence-corrected chi connectivity index (χ4v) is 4.21. The van der Waals surface area contributed by atoms with E-state index in [-0.39, 0.29) is 36.4 Å². The maximum absolute atomic E-state index is 13.1. The molecule has 35 heavy (non-hydrogen) atoms. The number of carbonyl (C=O) groups excluding carboxylic acids is 1. The second-order valence-corrected chi connectivity index (χ2v) is 9.04. The van der Waals surface area contributed by atoms with Crippen LogP contribution in [0.3, 0.4) is 0 Å². The highest BCUT2D eigenvalue weighted by Gasteiger charge is 2.19. The summed E-state index contributed by atoms with van der Waals surface area (Å²) in [7, 11) is -3.36. The summed E-state index contributed by atoms with van der Waals surface area (Å²) in [6.07, 6.45) is 2.20. The van der Waals surface area contributed by atoms with Gasteiger partial charge in [0.2, 0.25) is 0 Å². The van der Waals surface area contributed by atoms with Crippen molar-refractivity contribution in [2.45, 2.75) is 31.3 Å². The Kier molecular flexibility index (Phi) is 6.43. The van der Waals surface area contributed by atoms with E-state index in [9.17, 15) is 26.7 Å². The summed E-state index contributed by atoms with van der Waals surface area (Å²) in [5.74, 6) is -0.00635. The van der Waals surface area contributed by atoms with Crippen LogP contribution >= 0.6 is 0 Å². The van der Waals surface area contributed by atoms with Crippen molar-refractivity contribution in [3.8, 4) is 5.75 Å². The Balaban J connectivity index is 1.67. The molecule has 1 N–H and O–H groups in total. The third-order valence-electron chi connectivity index (χ3n) is 5.45. The van der Waals surface area contributed by atoms with Crippen molar-refractivity contribution in [1.82, 2.24) is 23.8 Å². The van der Waals surface area contributed by atoms with Crippen LogP contribution in [0.15, 0.2) is 57.1 Å². The van der Waals surface area contributed by atoms with Gasteiger partial charge in [-0.25, -0.2) is 9.78 Å². The second kappa shape index (κ2) is 9.33. The molecule has 0 saturated heterocycles. The van der Waals surface area contributed by atoms with Crippen molar-refractivity contribution >= 4 is 32.9 Å². The Morgan fingerprint density at radius 3 is 2.46 bits per heavy atom. The number of hydrogen-bond donors (Lipinski definition) is 1. The predicted molar refractivity (Wildman–Crippen MR) is 125 cm³/mol. The lowest BCUT2D eigenvalue weighted by Crippen LogP contribution is -2.42. The molecule has 0 aliphatic carbocycles. The molecule has 0 atom stereocenters. The van der Waals surface area contributed by atoms with Crippen LogP contribution in [0.5, 0.6) is 5.75 Å². The molecule has 0 bridgehead atoms. The number of carbonyl (C=O) groups is 1. The molecule has 13 heteroatoms. The van der Waals surface area contributed by atoms with Gasteiger partial charge in [0, 0.05) is 37.5 Å². The van der Waals surface area contributed by atoms with Crippen molar-refractivity contribution < 1.29 is 21.8 Å². The van der Waals surface area contributed by atoms with Gasteiger partial charge in [0.1, 0.15) is 11.4 Å². The summed E-state index contributed by atoms with van der Waals surface area (Å²) in [5, 5.41) is 2.63. The number of nitrogens with zero attached hydrogens (tertiary/aromatic N) is 4. The van der Waals surface area contributed by atoms with E-state index in [4.69, 9.17) is 4.74 Å². The highest BCUT2D eigenvalue weighted by atomic mass is 32.3. The van der Waals surface area contributed by atoms with Crippen LogP contribution < -0.4 is 21.3 Å². The van der Waals surface area contributed by atoms with Gasteiger partial charge in [0.25, 0.3) is 11.5 Å². The first-order chi connectivity index (χ1) is 16.7. The van der Waals surface area contributed by atoms with Gasteiger partial charge in [-0.2, -0.15) is 8.42 Å². The molecule has 0 radical (unpaired) electrons. The number of nitrogens with one attached hydrogen (secondary N) is 1. The molecule has 3 heterocycles. The van der Waals surface area contributed by atoms with E-state index in [1.807, 2.05) is 6.92 Å². The van der Waals surface area contributed by atoms with E-state index in [2.05, 4.69) is 10.3 Å². The number of benzene rings is 1. The molecule has 0 spiro atoms. The van der Waals surface area contributed by atoms with Crippen molar-refractivity contribution in [3.05, 3.63) is 69.0 Å². The fourth-order valence-electron chi connectivity index (χ4n) is 3.75. The van der Waals surface area contributed by atoms with Crippen LogP contribution in [0.1, 0.15) is 23.7 Å². The number of hydrogen-bond acceptors (Lipinski definition) is 7. The van der Waals surface area contributed by atoms with Gasteiger partial charge in [0.05, 0.1) is 12.0 Å². The lowest BCUT2D eigenvalue weighted by atomic mass is 10.2. The third kappa shape index (κ3) is 4.54. The first-order valence-electron chi connectivity index (χ1n) is 10.7. The van der Waals surface area contributed by atoms with Crippen molar-refractivity contribution in [3.63, 3.8) is 0 Å². The molecule has 0 fully saturated rings. The molecule has 1 aromatic carbocycles. The Labute approximate surface area is 198 Å². The minimum Gasteiger partial charge on any atom is -0.497 e. The average Bonchev–Trinajstić information content (AvgIpc) is 3.21. The fraction of sp³-hybridized carbons (Fsp3) is 0.273. The molecular weight excluding hydrogens is 481 g/mol. The average molecular weight is 504 g/mol. The number of fused-ring (bicyclic) bond motifs is 3. The molecule has 184 valence electrons. The van der Waals surface area contributed by atoms with E-state index in [1.165, 1.54) is 23.8 Å². The molecule has 0 unspecified atom stereocenters. The maximum atomic E-state index is 13.1. The Morgan fingerprint density at radius 1 is 1.11 bits per heavy atom. The van der Waals surface area contributed by atoms with E-state index >= 15 is 0 Å². The molecule has 4 rings (SSSR count). The van der Waals surface area contributed by atoms with Crippen LogP contribution in [0.2, 0.25) is 0 Å². The molecule has 0 saturated carbocycles. The first kappa shape index (κ1) is 24.1. The zero-order chi connectivity index (χ0) is 25.3. The van der Waals surface area contributed by atoms with Gasteiger partial charge in [-0.1, -0.05) is 6.92 Å². The Morgan fingerprint density at radius 2 is 1.83 bits per heavy atom. The topological polar surface area (TPSA) is 134 Å². The normalized spacial score (nSPS) is 11.7. The van der Waals surface area contributed by atoms with Gasteiger partial charge in [-0.3, -0.25) is 23.1 Å². The zero-order valence-corrected chi connectivity index (χ0v) is 19.7. The third-order valence-corrected chi connectivity index (χ3v) is 6.28. The summed E-state index contributed by atoms with van der Waals surface area (Å²) in [6, 6.07) is 7.66. The van der Waals surface area contributed by atoms with Crippen molar-refractivity contribution in [2.75, 3.05) is 13.7 Å². The van der Waals surface area contributed by atoms with Gasteiger partial charge in [-0.05, 0) is 36.8 Å². The molecule has 1 amide bonds. The highest BCUT2D eigenvalue weighted by molar-refractivity contribution is 7.86. The van der Waals surface area contributed by atoms with Crippen molar-refractivity contribution in [2.24, 2.45) is 0 Å². The summed E-state index contributed by atoms with van der Waals surface area (Å²) in [5.41, 5.74) is -0.0759. The van der Waals surface area contributed by atoms with Gasteiger partial charge in [-0.15, -0.1) is 3.89 Å². The first-order valence-corrected chi connectivity index (χ1v) is 12.1. The molecule has 11 nitrogen and oxygen atoms in total. The predicted octanol–water partition coefficient (Wildman–Crippen LogP) is 1.32. The summed E-state index contributed by atoms with van der Waals surface area (Å²) >= 11 is 0. The number of halogens is 1. The number of amides is 1. The summed E-state index contributed by atoms with van der Waals surface area (Å²) in [4.78, 5) is 42.6. The minimum absolute atomic E-state index is 0.0124. The van der Waals surface area contributed by atoms with E-state index in [0.29, 0.717) is 17.8 Å². The number of rotatable bonds is 8. The Hall–Kier alpha value is -4.00. The van der Waals surface area contributed by atoms with Gasteiger partial charge in [0.15, 0.2) is 11.2 Å². The number of pyridine rings is 1. The number of methoxy groups -OCH3 is 1. The Bertz CT molecular complexity index is 1650. The monoisotopic (exact) mass is 503 g/mol. The second-order valence-electron chi connectivity index (χ2n) is 7.69. The number of ether oxygens (including phenoxy) is 1. The van der Waals surface area contributed by atoms with Gasteiger partial charge >= 0.3 is 15.9 Å². The SMILES string of the molecule is CCCn1c(=O)c2c(nc3cc(OC)ccn32)n(CCNC(=O)c2ccc(S(=O)(=O)F)cc2)c1=O. The molecular formula is C22H22FN5O6S. The maximum Gasteiger partial charge on any atom is 0.332 e. The largest absolute Gasteiger partial charge is 0.497 e. The quantitative estimate of drug-likeness (QED) is 0.359. The van der Waals surface area contributed by atoms with Crippen LogP contribution in [-0.4, -0.2) is 46.5 Å².